The molecule has 1 aliphatic rings. The van der Waals surface area contributed by atoms with Crippen molar-refractivity contribution in [2.75, 3.05) is 13.2 Å². The van der Waals surface area contributed by atoms with E-state index in [4.69, 9.17) is 4.74 Å². The van der Waals surface area contributed by atoms with Crippen LogP contribution >= 0.6 is 15.9 Å². The molecule has 18 heavy (non-hydrogen) atoms. The lowest BCUT2D eigenvalue weighted by Crippen LogP contribution is -2.51. The molecule has 4 heteroatoms. The molecular weight excluding hydrogens is 294 g/mol. The Morgan fingerprint density at radius 2 is 2.06 bits per heavy atom. The van der Waals surface area contributed by atoms with E-state index < -0.39 is 6.10 Å². The molecule has 1 aliphatic carbocycles. The zero-order valence-electron chi connectivity index (χ0n) is 10.7. The van der Waals surface area contributed by atoms with Gasteiger partial charge in [-0.3, -0.25) is 0 Å². The second-order valence-electron chi connectivity index (χ2n) is 5.21. The fraction of sp³-hybridized carbons (Fsp3) is 0.571. The van der Waals surface area contributed by atoms with Gasteiger partial charge < -0.3 is 15.2 Å². The van der Waals surface area contributed by atoms with Crippen LogP contribution in [-0.4, -0.2) is 29.9 Å². The molecule has 0 saturated heterocycles. The Labute approximate surface area is 117 Å². The average molecular weight is 314 g/mol. The summed E-state index contributed by atoms with van der Waals surface area (Å²) in [5, 5.41) is 13.3. The minimum Gasteiger partial charge on any atom is -0.491 e. The van der Waals surface area contributed by atoms with Crippen LogP contribution in [0, 0.1) is 0 Å². The van der Waals surface area contributed by atoms with E-state index in [0.717, 1.165) is 10.2 Å². The molecule has 1 fully saturated rings. The Bertz CT molecular complexity index is 376. The fourth-order valence-corrected chi connectivity index (χ4v) is 2.29. The number of halogens is 1. The smallest absolute Gasteiger partial charge is 0.119 e. The van der Waals surface area contributed by atoms with Gasteiger partial charge in [-0.25, -0.2) is 0 Å². The first kappa shape index (κ1) is 13.8. The third kappa shape index (κ3) is 3.97. The van der Waals surface area contributed by atoms with Crippen LogP contribution in [0.15, 0.2) is 28.7 Å². The van der Waals surface area contributed by atoms with Crippen LogP contribution in [0.2, 0.25) is 0 Å². The van der Waals surface area contributed by atoms with E-state index in [0.29, 0.717) is 13.2 Å². The molecule has 2 N–H and O–H groups in total. The molecule has 0 amide bonds. The van der Waals surface area contributed by atoms with Gasteiger partial charge in [-0.05, 0) is 50.5 Å². The molecule has 0 aliphatic heterocycles. The van der Waals surface area contributed by atoms with Crippen LogP contribution in [-0.2, 0) is 0 Å². The Morgan fingerprint density at radius 1 is 1.39 bits per heavy atom. The SMILES string of the molecule is CC1(NCC(O)COc2ccc(Br)cc2)CCC1. The standard InChI is InChI=1S/C14H20BrNO2/c1-14(7-2-8-14)16-9-12(17)10-18-13-5-3-11(15)4-6-13/h3-6,12,16-17H,2,7-10H2,1H3. The molecule has 0 heterocycles. The summed E-state index contributed by atoms with van der Waals surface area (Å²) in [7, 11) is 0. The maximum atomic E-state index is 9.85. The van der Waals surface area contributed by atoms with Crippen molar-refractivity contribution >= 4 is 15.9 Å². The summed E-state index contributed by atoms with van der Waals surface area (Å²) in [6.45, 7) is 3.12. The summed E-state index contributed by atoms with van der Waals surface area (Å²) in [5.74, 6) is 0.784. The van der Waals surface area contributed by atoms with Crippen LogP contribution in [0.1, 0.15) is 26.2 Å². The van der Waals surface area contributed by atoms with Crippen LogP contribution < -0.4 is 10.1 Å². The van der Waals surface area contributed by atoms with Crippen molar-refractivity contribution in [2.24, 2.45) is 0 Å². The molecule has 1 aromatic carbocycles. The van der Waals surface area contributed by atoms with E-state index in [1.54, 1.807) is 0 Å². The van der Waals surface area contributed by atoms with Gasteiger partial charge in [-0.1, -0.05) is 15.9 Å². The molecule has 1 unspecified atom stereocenters. The number of benzene rings is 1. The highest BCUT2D eigenvalue weighted by molar-refractivity contribution is 9.10. The molecule has 1 saturated carbocycles. The molecule has 0 bridgehead atoms. The molecule has 0 radical (unpaired) electrons. The number of aliphatic hydroxyl groups is 1. The first-order chi connectivity index (χ1) is 8.57. The molecule has 1 atom stereocenters. The van der Waals surface area contributed by atoms with Gasteiger partial charge in [0, 0.05) is 16.6 Å². The van der Waals surface area contributed by atoms with E-state index >= 15 is 0 Å². The lowest BCUT2D eigenvalue weighted by atomic mass is 9.78. The second-order valence-corrected chi connectivity index (χ2v) is 6.13. The summed E-state index contributed by atoms with van der Waals surface area (Å²) < 4.78 is 6.55. The van der Waals surface area contributed by atoms with E-state index in [1.165, 1.54) is 19.3 Å². The van der Waals surface area contributed by atoms with E-state index in [2.05, 4.69) is 28.2 Å². The van der Waals surface area contributed by atoms with Crippen molar-refractivity contribution < 1.29 is 9.84 Å². The molecule has 1 aromatic rings. The van der Waals surface area contributed by atoms with E-state index in [-0.39, 0.29) is 5.54 Å². The Morgan fingerprint density at radius 3 is 2.61 bits per heavy atom. The maximum Gasteiger partial charge on any atom is 0.119 e. The van der Waals surface area contributed by atoms with Gasteiger partial charge in [0.25, 0.3) is 0 Å². The van der Waals surface area contributed by atoms with Crippen molar-refractivity contribution in [3.8, 4) is 5.75 Å². The van der Waals surface area contributed by atoms with Crippen molar-refractivity contribution in [1.82, 2.24) is 5.32 Å². The summed E-state index contributed by atoms with van der Waals surface area (Å²) in [5.41, 5.74) is 0.235. The number of hydrogen-bond donors (Lipinski definition) is 2. The number of ether oxygens (including phenoxy) is 1. The average Bonchev–Trinajstić information content (AvgIpc) is 2.33. The number of β-amino-alcohol motifs (C(OH)–C–C–N with tert-alkyl or cyclic N) is 1. The van der Waals surface area contributed by atoms with Gasteiger partial charge in [0.1, 0.15) is 18.5 Å². The Balaban J connectivity index is 1.68. The van der Waals surface area contributed by atoms with Crippen LogP contribution in [0.3, 0.4) is 0 Å². The Hall–Kier alpha value is -0.580. The van der Waals surface area contributed by atoms with Crippen LogP contribution in [0.4, 0.5) is 0 Å². The second kappa shape index (κ2) is 6.04. The van der Waals surface area contributed by atoms with E-state index in [9.17, 15) is 5.11 Å². The van der Waals surface area contributed by atoms with Crippen LogP contribution in [0.5, 0.6) is 5.75 Å². The van der Waals surface area contributed by atoms with E-state index in [1.807, 2.05) is 24.3 Å². The van der Waals surface area contributed by atoms with Gasteiger partial charge >= 0.3 is 0 Å². The number of hydrogen-bond acceptors (Lipinski definition) is 3. The minimum atomic E-state index is -0.467. The van der Waals surface area contributed by atoms with Gasteiger partial charge in [-0.2, -0.15) is 0 Å². The predicted molar refractivity (Wildman–Crippen MR) is 75.9 cm³/mol. The lowest BCUT2D eigenvalue weighted by Gasteiger charge is -2.40. The summed E-state index contributed by atoms with van der Waals surface area (Å²) in [4.78, 5) is 0. The molecule has 0 spiro atoms. The molecule has 2 rings (SSSR count). The van der Waals surface area contributed by atoms with Gasteiger partial charge in [-0.15, -0.1) is 0 Å². The monoisotopic (exact) mass is 313 g/mol. The van der Waals surface area contributed by atoms with Gasteiger partial charge in [0.2, 0.25) is 0 Å². The lowest BCUT2D eigenvalue weighted by molar-refractivity contribution is 0.0868. The highest BCUT2D eigenvalue weighted by Crippen LogP contribution is 2.30. The highest BCUT2D eigenvalue weighted by atomic mass is 79.9. The van der Waals surface area contributed by atoms with Gasteiger partial charge in [0.15, 0.2) is 0 Å². The molecule has 0 aromatic heterocycles. The largest absolute Gasteiger partial charge is 0.491 e. The zero-order valence-corrected chi connectivity index (χ0v) is 12.2. The fourth-order valence-electron chi connectivity index (χ4n) is 2.03. The maximum absolute atomic E-state index is 9.85. The first-order valence-corrected chi connectivity index (χ1v) is 7.18. The summed E-state index contributed by atoms with van der Waals surface area (Å²) >= 11 is 3.37. The third-order valence-electron chi connectivity index (χ3n) is 3.48. The van der Waals surface area contributed by atoms with Crippen molar-refractivity contribution in [1.29, 1.82) is 0 Å². The normalized spacial score (nSPS) is 19.1. The summed E-state index contributed by atoms with van der Waals surface area (Å²) in [6, 6.07) is 7.62. The van der Waals surface area contributed by atoms with Crippen LogP contribution in [0.25, 0.3) is 0 Å². The van der Waals surface area contributed by atoms with Gasteiger partial charge in [0.05, 0.1) is 0 Å². The van der Waals surface area contributed by atoms with Crippen molar-refractivity contribution in [3.63, 3.8) is 0 Å². The third-order valence-corrected chi connectivity index (χ3v) is 4.01. The number of aliphatic hydroxyl groups excluding tert-OH is 1. The number of rotatable bonds is 6. The molecule has 100 valence electrons. The number of nitrogens with one attached hydrogen (secondary N) is 1. The predicted octanol–water partition coefficient (Wildman–Crippen LogP) is 2.72. The molecule has 3 nitrogen and oxygen atoms in total. The van der Waals surface area contributed by atoms with Crippen molar-refractivity contribution in [2.45, 2.75) is 37.8 Å². The first-order valence-electron chi connectivity index (χ1n) is 6.39. The topological polar surface area (TPSA) is 41.5 Å². The minimum absolute atomic E-state index is 0.235. The highest BCUT2D eigenvalue weighted by Gasteiger charge is 2.31. The van der Waals surface area contributed by atoms with Crippen molar-refractivity contribution in [3.05, 3.63) is 28.7 Å². The molecular formula is C14H20BrNO2. The quantitative estimate of drug-likeness (QED) is 0.848. The Kier molecular flexibility index (Phi) is 4.65. The summed E-state index contributed by atoms with van der Waals surface area (Å²) in [6.07, 6.45) is 3.22. The zero-order chi connectivity index (χ0) is 13.0.